The van der Waals surface area contributed by atoms with Crippen molar-refractivity contribution < 1.29 is 8.42 Å². The van der Waals surface area contributed by atoms with Gasteiger partial charge in [0.05, 0.1) is 5.02 Å². The summed E-state index contributed by atoms with van der Waals surface area (Å²) in [5, 5.41) is 3.40. The van der Waals surface area contributed by atoms with Crippen LogP contribution >= 0.6 is 11.6 Å². The van der Waals surface area contributed by atoms with E-state index in [9.17, 15) is 8.42 Å². The van der Waals surface area contributed by atoms with Crippen LogP contribution < -0.4 is 10.0 Å². The Morgan fingerprint density at radius 2 is 1.90 bits per heavy atom. The van der Waals surface area contributed by atoms with Crippen LogP contribution in [-0.2, 0) is 10.0 Å². The second-order valence-electron chi connectivity index (χ2n) is 4.99. The smallest absolute Gasteiger partial charge is 0.242 e. The summed E-state index contributed by atoms with van der Waals surface area (Å²) in [6, 6.07) is 5.14. The summed E-state index contributed by atoms with van der Waals surface area (Å²) in [5.41, 5.74) is 0.957. The minimum atomic E-state index is -3.56. The maximum Gasteiger partial charge on any atom is 0.242 e. The molecule has 0 unspecified atom stereocenters. The van der Waals surface area contributed by atoms with Gasteiger partial charge in [0.2, 0.25) is 10.0 Å². The summed E-state index contributed by atoms with van der Waals surface area (Å²) >= 11 is 6.01. The van der Waals surface area contributed by atoms with Gasteiger partial charge in [-0.3, -0.25) is 0 Å². The second kappa shape index (κ2) is 7.98. The molecule has 0 fully saturated rings. The first-order valence-corrected chi connectivity index (χ1v) is 8.74. The Morgan fingerprint density at radius 1 is 1.20 bits per heavy atom. The molecular weight excluding hydrogens is 296 g/mol. The van der Waals surface area contributed by atoms with Gasteiger partial charge in [-0.15, -0.1) is 0 Å². The highest BCUT2D eigenvalue weighted by Crippen LogP contribution is 2.25. The standard InChI is InChI=1S/C14H23ClN2O2S/c1-4-7-16-8-9-17-20(18,19)14-10-12(11(2)3)5-6-13(14)15/h5-6,10-11,16-17H,4,7-9H2,1-3H3. The summed E-state index contributed by atoms with van der Waals surface area (Å²) in [4.78, 5) is 0.154. The van der Waals surface area contributed by atoms with Gasteiger partial charge < -0.3 is 5.32 Å². The lowest BCUT2D eigenvalue weighted by Crippen LogP contribution is -2.32. The first-order chi connectivity index (χ1) is 9.38. The maximum atomic E-state index is 12.2. The molecule has 4 nitrogen and oxygen atoms in total. The zero-order chi connectivity index (χ0) is 15.2. The average molecular weight is 319 g/mol. The lowest BCUT2D eigenvalue weighted by atomic mass is 10.0. The van der Waals surface area contributed by atoms with Crippen molar-refractivity contribution in [2.24, 2.45) is 0 Å². The van der Waals surface area contributed by atoms with Crippen LogP contribution in [0.15, 0.2) is 23.1 Å². The van der Waals surface area contributed by atoms with Crippen LogP contribution in [0.3, 0.4) is 0 Å². The van der Waals surface area contributed by atoms with Crippen LogP contribution in [0.2, 0.25) is 5.02 Å². The lowest BCUT2D eigenvalue weighted by Gasteiger charge is -2.12. The number of halogens is 1. The Kier molecular flexibility index (Phi) is 6.95. The van der Waals surface area contributed by atoms with Gasteiger partial charge >= 0.3 is 0 Å². The predicted octanol–water partition coefficient (Wildman–Crippen LogP) is 2.74. The third-order valence-electron chi connectivity index (χ3n) is 2.93. The molecule has 0 saturated heterocycles. The van der Waals surface area contributed by atoms with E-state index in [0.717, 1.165) is 18.5 Å². The van der Waals surface area contributed by atoms with E-state index in [1.54, 1.807) is 12.1 Å². The fourth-order valence-electron chi connectivity index (χ4n) is 1.74. The zero-order valence-electron chi connectivity index (χ0n) is 12.2. The Labute approximate surface area is 127 Å². The minimum absolute atomic E-state index is 0.154. The van der Waals surface area contributed by atoms with Crippen LogP contribution in [-0.4, -0.2) is 28.1 Å². The van der Waals surface area contributed by atoms with Crippen LogP contribution in [0, 0.1) is 0 Å². The monoisotopic (exact) mass is 318 g/mol. The molecule has 0 aliphatic heterocycles. The van der Waals surface area contributed by atoms with Gasteiger partial charge in [-0.1, -0.05) is 38.4 Å². The van der Waals surface area contributed by atoms with Crippen molar-refractivity contribution in [1.29, 1.82) is 0 Å². The number of nitrogens with one attached hydrogen (secondary N) is 2. The molecule has 0 bridgehead atoms. The molecule has 20 heavy (non-hydrogen) atoms. The highest BCUT2D eigenvalue weighted by molar-refractivity contribution is 7.89. The molecule has 1 aromatic carbocycles. The van der Waals surface area contributed by atoms with Crippen molar-refractivity contribution in [3.63, 3.8) is 0 Å². The molecule has 0 atom stereocenters. The summed E-state index contributed by atoms with van der Waals surface area (Å²) in [7, 11) is -3.56. The number of hydrogen-bond donors (Lipinski definition) is 2. The molecular formula is C14H23ClN2O2S. The Morgan fingerprint density at radius 3 is 2.50 bits per heavy atom. The van der Waals surface area contributed by atoms with E-state index >= 15 is 0 Å². The van der Waals surface area contributed by atoms with Gasteiger partial charge in [0.15, 0.2) is 0 Å². The van der Waals surface area contributed by atoms with Crippen molar-refractivity contribution in [3.8, 4) is 0 Å². The van der Waals surface area contributed by atoms with E-state index in [2.05, 4.69) is 17.0 Å². The predicted molar refractivity (Wildman–Crippen MR) is 83.9 cm³/mol. The third-order valence-corrected chi connectivity index (χ3v) is 4.87. The highest BCUT2D eigenvalue weighted by Gasteiger charge is 2.18. The van der Waals surface area contributed by atoms with Crippen LogP contribution in [0.25, 0.3) is 0 Å². The summed E-state index contributed by atoms with van der Waals surface area (Å²) in [5.74, 6) is 0.257. The SMILES string of the molecule is CCCNCCNS(=O)(=O)c1cc(C(C)C)ccc1Cl. The van der Waals surface area contributed by atoms with Crippen molar-refractivity contribution in [3.05, 3.63) is 28.8 Å². The van der Waals surface area contributed by atoms with E-state index in [1.807, 2.05) is 19.9 Å². The van der Waals surface area contributed by atoms with E-state index in [1.165, 1.54) is 0 Å². The van der Waals surface area contributed by atoms with Gasteiger partial charge in [-0.05, 0) is 36.6 Å². The fourth-order valence-corrected chi connectivity index (χ4v) is 3.30. The molecule has 0 saturated carbocycles. The molecule has 1 rings (SSSR count). The largest absolute Gasteiger partial charge is 0.315 e. The summed E-state index contributed by atoms with van der Waals surface area (Å²) < 4.78 is 27.0. The molecule has 6 heteroatoms. The quantitative estimate of drug-likeness (QED) is 0.725. The Bertz CT molecular complexity index is 530. The fraction of sp³-hybridized carbons (Fsp3) is 0.571. The second-order valence-corrected chi connectivity index (χ2v) is 7.13. The molecule has 0 aliphatic rings. The van der Waals surface area contributed by atoms with E-state index in [-0.39, 0.29) is 15.8 Å². The molecule has 2 N–H and O–H groups in total. The molecule has 0 radical (unpaired) electrons. The van der Waals surface area contributed by atoms with Crippen molar-refractivity contribution in [2.45, 2.75) is 38.0 Å². The third kappa shape index (κ3) is 5.05. The number of benzene rings is 1. The van der Waals surface area contributed by atoms with Crippen LogP contribution in [0.1, 0.15) is 38.7 Å². The average Bonchev–Trinajstić information content (AvgIpc) is 2.38. The molecule has 0 amide bonds. The summed E-state index contributed by atoms with van der Waals surface area (Å²) in [6.45, 7) is 7.93. The van der Waals surface area contributed by atoms with Gasteiger partial charge in [0.25, 0.3) is 0 Å². The van der Waals surface area contributed by atoms with E-state index < -0.39 is 10.0 Å². The first-order valence-electron chi connectivity index (χ1n) is 6.88. The zero-order valence-corrected chi connectivity index (χ0v) is 13.8. The number of sulfonamides is 1. The van der Waals surface area contributed by atoms with E-state index in [0.29, 0.717) is 13.1 Å². The van der Waals surface area contributed by atoms with Gasteiger partial charge in [0, 0.05) is 13.1 Å². The number of hydrogen-bond acceptors (Lipinski definition) is 3. The van der Waals surface area contributed by atoms with Gasteiger partial charge in [-0.2, -0.15) is 0 Å². The highest BCUT2D eigenvalue weighted by atomic mass is 35.5. The molecule has 0 spiro atoms. The lowest BCUT2D eigenvalue weighted by molar-refractivity contribution is 0.575. The normalized spacial score (nSPS) is 12.1. The van der Waals surface area contributed by atoms with Crippen molar-refractivity contribution >= 4 is 21.6 Å². The van der Waals surface area contributed by atoms with Crippen molar-refractivity contribution in [1.82, 2.24) is 10.0 Å². The molecule has 1 aromatic rings. The van der Waals surface area contributed by atoms with Gasteiger partial charge in [-0.25, -0.2) is 13.1 Å². The van der Waals surface area contributed by atoms with Crippen molar-refractivity contribution in [2.75, 3.05) is 19.6 Å². The van der Waals surface area contributed by atoms with E-state index in [4.69, 9.17) is 11.6 Å². The molecule has 0 aliphatic carbocycles. The Hall–Kier alpha value is -0.620. The number of rotatable bonds is 8. The molecule has 0 aromatic heterocycles. The van der Waals surface area contributed by atoms with Crippen LogP contribution in [0.4, 0.5) is 0 Å². The first kappa shape index (κ1) is 17.4. The minimum Gasteiger partial charge on any atom is -0.315 e. The van der Waals surface area contributed by atoms with Gasteiger partial charge in [0.1, 0.15) is 4.90 Å². The Balaban J connectivity index is 2.78. The molecule has 0 heterocycles. The van der Waals surface area contributed by atoms with Crippen LogP contribution in [0.5, 0.6) is 0 Å². The maximum absolute atomic E-state index is 12.2. The summed E-state index contributed by atoms with van der Waals surface area (Å²) in [6.07, 6.45) is 1.02. The topological polar surface area (TPSA) is 58.2 Å². The molecule has 114 valence electrons.